The largest absolute Gasteiger partial charge is 0.493 e. The molecule has 1 amide bonds. The molecule has 4 rings (SSSR count). The van der Waals surface area contributed by atoms with Crippen LogP contribution in [0.15, 0.2) is 60.0 Å². The maximum atomic E-state index is 12.7. The minimum Gasteiger partial charge on any atom is -0.493 e. The van der Waals surface area contributed by atoms with Crippen LogP contribution in [0.5, 0.6) is 11.5 Å². The number of likely N-dealkylation sites (N-methyl/N-ethyl adjacent to an activating group) is 1. The molecule has 1 fully saturated rings. The van der Waals surface area contributed by atoms with Crippen LogP contribution in [0.2, 0.25) is 5.02 Å². The molecule has 0 unspecified atom stereocenters. The van der Waals surface area contributed by atoms with E-state index < -0.39 is 0 Å². The number of carbonyl (C=O) groups is 1. The summed E-state index contributed by atoms with van der Waals surface area (Å²) in [5.41, 5.74) is 3.10. The normalized spacial score (nSPS) is 17.0. The number of halogens is 1. The molecule has 1 N–H and O–H groups in total. The van der Waals surface area contributed by atoms with E-state index in [0.29, 0.717) is 28.5 Å². The predicted molar refractivity (Wildman–Crippen MR) is 153 cm³/mol. The molecule has 1 saturated carbocycles. The highest BCUT2D eigenvalue weighted by Gasteiger charge is 2.31. The van der Waals surface area contributed by atoms with E-state index in [4.69, 9.17) is 21.1 Å². The van der Waals surface area contributed by atoms with E-state index in [1.54, 1.807) is 26.6 Å². The zero-order valence-corrected chi connectivity index (χ0v) is 23.7. The summed E-state index contributed by atoms with van der Waals surface area (Å²) in [5, 5.41) is 4.60. The molecule has 2 atom stereocenters. The first-order chi connectivity index (χ1) is 18.5. The molecule has 3 aromatic rings. The lowest BCUT2D eigenvalue weighted by Gasteiger charge is -2.30. The van der Waals surface area contributed by atoms with E-state index in [1.807, 2.05) is 30.3 Å². The molecule has 0 aliphatic heterocycles. The second-order valence-corrected chi connectivity index (χ2v) is 10.9. The average Bonchev–Trinajstić information content (AvgIpc) is 3.41. The number of benzene rings is 2. The summed E-state index contributed by atoms with van der Waals surface area (Å²) in [7, 11) is 5.38. The predicted octanol–water partition coefficient (Wildman–Crippen LogP) is 5.51. The van der Waals surface area contributed by atoms with Gasteiger partial charge in [-0.2, -0.15) is 0 Å². The van der Waals surface area contributed by atoms with Gasteiger partial charge in [-0.15, -0.1) is 0 Å². The molecule has 0 radical (unpaired) electrons. The Kier molecular flexibility index (Phi) is 10.3. The van der Waals surface area contributed by atoms with Crippen LogP contribution < -0.4 is 14.8 Å². The fourth-order valence-electron chi connectivity index (χ4n) is 4.92. The van der Waals surface area contributed by atoms with Crippen molar-refractivity contribution >= 4 is 29.3 Å². The molecular formula is C29H35ClN4O3S. The third-order valence-electron chi connectivity index (χ3n) is 6.96. The summed E-state index contributed by atoms with van der Waals surface area (Å²) >= 11 is 7.34. The Labute approximate surface area is 234 Å². The molecule has 38 heavy (non-hydrogen) atoms. The average molecular weight is 555 g/mol. The fourth-order valence-corrected chi connectivity index (χ4v) is 5.64. The number of methoxy groups -OCH3 is 2. The van der Waals surface area contributed by atoms with Crippen molar-refractivity contribution < 1.29 is 14.3 Å². The van der Waals surface area contributed by atoms with Crippen molar-refractivity contribution in [1.82, 2.24) is 20.2 Å². The van der Waals surface area contributed by atoms with Crippen molar-refractivity contribution in [3.8, 4) is 22.6 Å². The van der Waals surface area contributed by atoms with Crippen LogP contribution in [0.4, 0.5) is 0 Å². The second-order valence-electron chi connectivity index (χ2n) is 9.50. The van der Waals surface area contributed by atoms with Gasteiger partial charge in [0.2, 0.25) is 5.91 Å². The number of ether oxygens (including phenoxy) is 2. The summed E-state index contributed by atoms with van der Waals surface area (Å²) < 4.78 is 10.7. The monoisotopic (exact) mass is 554 g/mol. The lowest BCUT2D eigenvalue weighted by Crippen LogP contribution is -2.48. The van der Waals surface area contributed by atoms with Gasteiger partial charge >= 0.3 is 0 Å². The first-order valence-corrected chi connectivity index (χ1v) is 14.2. The minimum atomic E-state index is 0.0223. The molecule has 0 saturated heterocycles. The van der Waals surface area contributed by atoms with Crippen molar-refractivity contribution in [3.05, 3.63) is 65.4 Å². The van der Waals surface area contributed by atoms with E-state index in [9.17, 15) is 4.79 Å². The number of hydrogen-bond donors (Lipinski definition) is 1. The van der Waals surface area contributed by atoms with Crippen molar-refractivity contribution in [1.29, 1.82) is 0 Å². The maximum Gasteiger partial charge on any atom is 0.230 e. The summed E-state index contributed by atoms with van der Waals surface area (Å²) in [6, 6.07) is 14.3. The van der Waals surface area contributed by atoms with Gasteiger partial charge in [0.1, 0.15) is 0 Å². The molecule has 1 aliphatic rings. The Morgan fingerprint density at radius 2 is 1.79 bits per heavy atom. The smallest absolute Gasteiger partial charge is 0.230 e. The van der Waals surface area contributed by atoms with Crippen LogP contribution in [-0.2, 0) is 11.2 Å². The number of nitrogens with one attached hydrogen (secondary N) is 1. The van der Waals surface area contributed by atoms with Gasteiger partial charge in [-0.1, -0.05) is 41.6 Å². The Morgan fingerprint density at radius 1 is 1.05 bits per heavy atom. The molecule has 0 spiro atoms. The third kappa shape index (κ3) is 7.62. The molecule has 2 aromatic carbocycles. The number of thioether (sulfide) groups is 1. The Bertz CT molecular complexity index is 1190. The van der Waals surface area contributed by atoms with Gasteiger partial charge in [-0.3, -0.25) is 4.79 Å². The molecule has 9 heteroatoms. The van der Waals surface area contributed by atoms with E-state index in [-0.39, 0.29) is 11.9 Å². The Morgan fingerprint density at radius 3 is 2.50 bits per heavy atom. The third-order valence-corrected chi connectivity index (χ3v) is 8.09. The van der Waals surface area contributed by atoms with Gasteiger partial charge in [0, 0.05) is 35.1 Å². The highest BCUT2D eigenvalue weighted by Crippen LogP contribution is 2.32. The molecule has 202 valence electrons. The maximum absolute atomic E-state index is 12.7. The summed E-state index contributed by atoms with van der Waals surface area (Å²) in [6.45, 7) is 0.995. The van der Waals surface area contributed by atoms with E-state index in [1.165, 1.54) is 17.3 Å². The first kappa shape index (κ1) is 28.2. The van der Waals surface area contributed by atoms with Gasteiger partial charge in [0.15, 0.2) is 16.7 Å². The highest BCUT2D eigenvalue weighted by molar-refractivity contribution is 7.99. The van der Waals surface area contributed by atoms with Gasteiger partial charge < -0.3 is 19.7 Å². The Hall–Kier alpha value is -2.81. The quantitative estimate of drug-likeness (QED) is 0.234. The van der Waals surface area contributed by atoms with Gasteiger partial charge in [-0.05, 0) is 81.1 Å². The van der Waals surface area contributed by atoms with Crippen molar-refractivity contribution in [2.24, 2.45) is 0 Å². The number of nitrogens with zero attached hydrogens (tertiary/aromatic N) is 3. The number of amides is 1. The van der Waals surface area contributed by atoms with Gasteiger partial charge in [-0.25, -0.2) is 9.97 Å². The SMILES string of the molecule is COc1ccc(-c2cnc(SCC(=O)N[C@@H]3CCC[C@H]3N(C)CCCc3ccc(Cl)cc3)nc2)cc1OC. The standard InChI is InChI=1S/C29H35ClN4O3S/c1-34(15-5-6-20-9-12-23(30)13-10-20)25-8-4-7-24(25)33-28(35)19-38-29-31-17-22(18-32-29)21-11-14-26(36-2)27(16-21)37-3/h9-14,16-18,24-25H,4-8,15,19H2,1-3H3,(H,33,35)/t24-,25-/m1/s1. The van der Waals surface area contributed by atoms with Gasteiger partial charge in [0.05, 0.1) is 20.0 Å². The lowest BCUT2D eigenvalue weighted by atomic mass is 10.1. The number of hydrogen-bond acceptors (Lipinski definition) is 7. The van der Waals surface area contributed by atoms with Crippen molar-refractivity contribution in [3.63, 3.8) is 0 Å². The summed E-state index contributed by atoms with van der Waals surface area (Å²) in [4.78, 5) is 24.0. The summed E-state index contributed by atoms with van der Waals surface area (Å²) in [5.74, 6) is 1.63. The number of rotatable bonds is 12. The van der Waals surface area contributed by atoms with E-state index in [2.05, 4.69) is 39.4 Å². The van der Waals surface area contributed by atoms with Crippen molar-refractivity contribution in [2.75, 3.05) is 33.6 Å². The molecule has 1 aliphatic carbocycles. The zero-order valence-electron chi connectivity index (χ0n) is 22.2. The van der Waals surface area contributed by atoms with Crippen LogP contribution in [-0.4, -0.2) is 66.4 Å². The van der Waals surface area contributed by atoms with Gasteiger partial charge in [0.25, 0.3) is 0 Å². The second kappa shape index (κ2) is 13.8. The number of aryl methyl sites for hydroxylation is 1. The minimum absolute atomic E-state index is 0.0223. The molecule has 1 heterocycles. The number of aromatic nitrogens is 2. The molecule has 0 bridgehead atoms. The zero-order chi connectivity index (χ0) is 26.9. The fraction of sp³-hybridized carbons (Fsp3) is 0.414. The molecular weight excluding hydrogens is 520 g/mol. The van der Waals surface area contributed by atoms with Crippen LogP contribution >= 0.6 is 23.4 Å². The molecule has 7 nitrogen and oxygen atoms in total. The van der Waals surface area contributed by atoms with Crippen LogP contribution in [0.3, 0.4) is 0 Å². The van der Waals surface area contributed by atoms with Crippen LogP contribution in [0.25, 0.3) is 11.1 Å². The summed E-state index contributed by atoms with van der Waals surface area (Å²) in [6.07, 6.45) is 8.87. The lowest BCUT2D eigenvalue weighted by molar-refractivity contribution is -0.119. The topological polar surface area (TPSA) is 76.6 Å². The number of carbonyl (C=O) groups excluding carboxylic acids is 1. The van der Waals surface area contributed by atoms with E-state index in [0.717, 1.165) is 54.8 Å². The van der Waals surface area contributed by atoms with E-state index >= 15 is 0 Å². The highest BCUT2D eigenvalue weighted by atomic mass is 35.5. The van der Waals surface area contributed by atoms with Crippen molar-refractivity contribution in [2.45, 2.75) is 49.3 Å². The molecule has 1 aromatic heterocycles. The van der Waals surface area contributed by atoms with Crippen LogP contribution in [0, 0.1) is 0 Å². The first-order valence-electron chi connectivity index (χ1n) is 12.9. The Balaban J connectivity index is 1.23. The van der Waals surface area contributed by atoms with Crippen LogP contribution in [0.1, 0.15) is 31.2 Å².